The molecule has 3 aliphatic carbocycles. The van der Waals surface area contributed by atoms with Gasteiger partial charge in [-0.05, 0) is 76.4 Å². The van der Waals surface area contributed by atoms with E-state index in [-0.39, 0.29) is 24.6 Å². The lowest BCUT2D eigenvalue weighted by molar-refractivity contribution is -0.181. The van der Waals surface area contributed by atoms with Gasteiger partial charge in [-0.2, -0.15) is 13.2 Å². The Morgan fingerprint density at radius 1 is 1.20 bits per heavy atom. The Labute approximate surface area is 233 Å². The number of phenolic OH excluding ortho intramolecular Hbond substituents is 1. The number of fused-ring (bicyclic) bond motifs is 3. The number of aliphatic hydroxyl groups is 1. The van der Waals surface area contributed by atoms with Crippen molar-refractivity contribution >= 4 is 29.0 Å². The number of likely N-dealkylation sites (N-methyl/N-ethyl adjacent to an activating group) is 1. The van der Waals surface area contributed by atoms with Gasteiger partial charge in [-0.3, -0.25) is 33.8 Å². The highest BCUT2D eigenvalue weighted by Gasteiger charge is 2.69. The lowest BCUT2D eigenvalue weighted by Gasteiger charge is -2.52. The molecule has 0 bridgehead atoms. The van der Waals surface area contributed by atoms with E-state index in [2.05, 4.69) is 0 Å². The minimum absolute atomic E-state index is 0.0301. The molecule has 1 saturated heterocycles. The fraction of sp³-hybridized carbons (Fsp3) is 0.607. The number of likely N-dealkylation sites (tertiary alicyclic amines) is 1. The molecule has 4 N–H and O–H groups in total. The van der Waals surface area contributed by atoms with E-state index in [1.807, 2.05) is 11.8 Å². The van der Waals surface area contributed by atoms with Gasteiger partial charge in [0, 0.05) is 18.5 Å². The van der Waals surface area contributed by atoms with Gasteiger partial charge >= 0.3 is 6.18 Å². The Balaban J connectivity index is 1.65. The highest BCUT2D eigenvalue weighted by Crippen LogP contribution is 2.52. The summed E-state index contributed by atoms with van der Waals surface area (Å²) in [6.07, 6.45) is -4.03. The fourth-order valence-corrected chi connectivity index (χ4v) is 7.67. The van der Waals surface area contributed by atoms with E-state index in [0.717, 1.165) is 18.9 Å². The van der Waals surface area contributed by atoms with Gasteiger partial charge in [0.15, 0.2) is 34.7 Å². The molecule has 1 aliphatic heterocycles. The molecule has 0 spiro atoms. The number of hydrogen-bond donors (Lipinski definition) is 3. The summed E-state index contributed by atoms with van der Waals surface area (Å²) in [4.78, 5) is 69.3. The number of nitrogens with zero attached hydrogens (tertiary/aromatic N) is 2. The third kappa shape index (κ3) is 4.23. The van der Waals surface area contributed by atoms with E-state index >= 15 is 0 Å². The van der Waals surface area contributed by atoms with E-state index in [0.29, 0.717) is 6.54 Å². The van der Waals surface area contributed by atoms with E-state index < -0.39 is 99.4 Å². The standard InChI is InChI=1S/C28H32F3N3O7/c1-11-5-4-6-34(11)10-13-9-16(35)18-14(20(13)28(29,30)31)7-12-8-15-21(33(2)3)23(37)19(26(32)40)25(39)27(15,41)24(38)17(12)22(18)36/h9,11-12,15,17,19,21,35,41H,4-8,10H2,1-3H3,(H2,32,40)/t11-,12+,15+,17?,19?,21+,27+/m1/s1. The summed E-state index contributed by atoms with van der Waals surface area (Å²) in [6, 6.07) is -0.400. The van der Waals surface area contributed by atoms with Crippen molar-refractivity contribution in [2.45, 2.75) is 63.0 Å². The van der Waals surface area contributed by atoms with Crippen LogP contribution in [0.1, 0.15) is 53.2 Å². The molecule has 1 heterocycles. The summed E-state index contributed by atoms with van der Waals surface area (Å²) >= 11 is 0. The first kappa shape index (κ1) is 29.3. The molecule has 41 heavy (non-hydrogen) atoms. The molecule has 222 valence electrons. The second kappa shape index (κ2) is 9.70. The van der Waals surface area contributed by atoms with Crippen LogP contribution in [-0.2, 0) is 38.3 Å². The van der Waals surface area contributed by atoms with E-state index in [1.54, 1.807) is 0 Å². The fourth-order valence-electron chi connectivity index (χ4n) is 7.67. The number of Topliss-reactive ketones (excluding diaryl/α,β-unsaturated/α-hetero) is 4. The predicted molar refractivity (Wildman–Crippen MR) is 135 cm³/mol. The number of carbonyl (C=O) groups excluding carboxylic acids is 5. The summed E-state index contributed by atoms with van der Waals surface area (Å²) in [7, 11) is 2.86. The van der Waals surface area contributed by atoms with E-state index in [1.165, 1.54) is 19.0 Å². The summed E-state index contributed by atoms with van der Waals surface area (Å²) in [5, 5.41) is 22.5. The monoisotopic (exact) mass is 579 g/mol. The van der Waals surface area contributed by atoms with E-state index in [4.69, 9.17) is 5.73 Å². The number of ketones is 4. The van der Waals surface area contributed by atoms with Gasteiger partial charge in [0.2, 0.25) is 5.91 Å². The number of amides is 1. The Hall–Kier alpha value is -3.16. The minimum atomic E-state index is -4.89. The first-order valence-electron chi connectivity index (χ1n) is 13.5. The quantitative estimate of drug-likeness (QED) is 0.440. The third-order valence-electron chi connectivity index (χ3n) is 9.49. The normalized spacial score (nSPS) is 34.0. The molecule has 13 heteroatoms. The topological polar surface area (TPSA) is 158 Å². The van der Waals surface area contributed by atoms with E-state index in [9.17, 15) is 47.4 Å². The summed E-state index contributed by atoms with van der Waals surface area (Å²) < 4.78 is 43.9. The smallest absolute Gasteiger partial charge is 0.417 e. The summed E-state index contributed by atoms with van der Waals surface area (Å²) in [6.45, 7) is 2.38. The minimum Gasteiger partial charge on any atom is -0.507 e. The van der Waals surface area contributed by atoms with Crippen LogP contribution < -0.4 is 5.73 Å². The van der Waals surface area contributed by atoms with Crippen LogP contribution in [-0.4, -0.2) is 87.4 Å². The van der Waals surface area contributed by atoms with Crippen molar-refractivity contribution in [2.24, 2.45) is 29.4 Å². The zero-order chi connectivity index (χ0) is 30.3. The largest absolute Gasteiger partial charge is 0.507 e. The number of hydrogen-bond acceptors (Lipinski definition) is 9. The number of rotatable bonds is 4. The highest BCUT2D eigenvalue weighted by atomic mass is 19.4. The SMILES string of the molecule is C[C@@H]1CCCN1Cc1cc(O)c2c(c1C(F)(F)F)C[C@H]1C[C@H]3[C@H](N(C)C)C(=O)C(C(N)=O)C(=O)[C@@]3(O)C(=O)C1C2=O. The van der Waals surface area contributed by atoms with Crippen molar-refractivity contribution in [3.8, 4) is 5.75 Å². The zero-order valence-corrected chi connectivity index (χ0v) is 22.8. The maximum atomic E-state index is 14.6. The Bertz CT molecular complexity index is 1380. The van der Waals surface area contributed by atoms with Gasteiger partial charge in [-0.25, -0.2) is 0 Å². The van der Waals surface area contributed by atoms with Crippen LogP contribution in [0.3, 0.4) is 0 Å². The number of primary amides is 1. The van der Waals surface area contributed by atoms with Crippen LogP contribution in [0.5, 0.6) is 5.75 Å². The predicted octanol–water partition coefficient (Wildman–Crippen LogP) is 0.870. The number of nitrogens with two attached hydrogens (primary N) is 1. The average Bonchev–Trinajstić information content (AvgIpc) is 3.24. The van der Waals surface area contributed by atoms with Crippen molar-refractivity contribution in [1.82, 2.24) is 9.80 Å². The lowest BCUT2D eigenvalue weighted by atomic mass is 9.52. The van der Waals surface area contributed by atoms with Crippen molar-refractivity contribution < 1.29 is 47.4 Å². The second-order valence-electron chi connectivity index (χ2n) is 12.0. The molecule has 1 amide bonds. The Morgan fingerprint density at radius 3 is 2.39 bits per heavy atom. The molecule has 4 aliphatic rings. The molecule has 10 nitrogen and oxygen atoms in total. The average molecular weight is 580 g/mol. The lowest BCUT2D eigenvalue weighted by Crippen LogP contribution is -2.74. The number of carbonyl (C=O) groups is 5. The van der Waals surface area contributed by atoms with Gasteiger partial charge in [-0.15, -0.1) is 0 Å². The third-order valence-corrected chi connectivity index (χ3v) is 9.49. The molecular weight excluding hydrogens is 547 g/mol. The molecule has 0 aromatic heterocycles. The zero-order valence-electron chi connectivity index (χ0n) is 22.8. The number of alkyl halides is 3. The van der Waals surface area contributed by atoms with Gasteiger partial charge in [0.1, 0.15) is 5.75 Å². The molecule has 0 radical (unpaired) electrons. The van der Waals surface area contributed by atoms with Crippen LogP contribution in [0.15, 0.2) is 6.07 Å². The summed E-state index contributed by atoms with van der Waals surface area (Å²) in [5.41, 5.74) is 0.0130. The molecule has 2 saturated carbocycles. The molecule has 1 aromatic carbocycles. The molecule has 7 atom stereocenters. The maximum Gasteiger partial charge on any atom is 0.417 e. The van der Waals surface area contributed by atoms with Crippen molar-refractivity contribution in [3.63, 3.8) is 0 Å². The van der Waals surface area contributed by atoms with Crippen LogP contribution in [0.25, 0.3) is 0 Å². The number of halogens is 3. The van der Waals surface area contributed by atoms with Crippen molar-refractivity contribution in [1.29, 1.82) is 0 Å². The first-order chi connectivity index (χ1) is 19.0. The van der Waals surface area contributed by atoms with Crippen LogP contribution in [0.4, 0.5) is 13.2 Å². The number of benzene rings is 1. The molecule has 2 unspecified atom stereocenters. The molecular formula is C28H32F3N3O7. The van der Waals surface area contributed by atoms with Crippen LogP contribution in [0, 0.1) is 23.7 Å². The number of aromatic hydroxyl groups is 1. The van der Waals surface area contributed by atoms with Crippen molar-refractivity contribution in [2.75, 3.05) is 20.6 Å². The van der Waals surface area contributed by atoms with Gasteiger partial charge in [0.05, 0.1) is 23.1 Å². The van der Waals surface area contributed by atoms with Crippen molar-refractivity contribution in [3.05, 3.63) is 28.3 Å². The summed E-state index contributed by atoms with van der Waals surface area (Å²) in [5.74, 6) is -13.3. The van der Waals surface area contributed by atoms with Crippen LogP contribution >= 0.6 is 0 Å². The Kier molecular flexibility index (Phi) is 6.94. The van der Waals surface area contributed by atoms with Gasteiger partial charge in [0.25, 0.3) is 0 Å². The highest BCUT2D eigenvalue weighted by molar-refractivity contribution is 6.32. The second-order valence-corrected chi connectivity index (χ2v) is 12.0. The number of phenols is 1. The molecule has 3 fully saturated rings. The Morgan fingerprint density at radius 2 is 1.85 bits per heavy atom. The van der Waals surface area contributed by atoms with Gasteiger partial charge < -0.3 is 15.9 Å². The van der Waals surface area contributed by atoms with Gasteiger partial charge in [-0.1, -0.05) is 0 Å². The maximum absolute atomic E-state index is 14.6. The molecule has 5 rings (SSSR count). The van der Waals surface area contributed by atoms with Crippen LogP contribution in [0.2, 0.25) is 0 Å². The first-order valence-corrected chi connectivity index (χ1v) is 13.5. The molecule has 1 aromatic rings.